The minimum absolute atomic E-state index is 0.533. The molecule has 0 unspecified atom stereocenters. The molecule has 0 spiro atoms. The van der Waals surface area contributed by atoms with E-state index in [1.54, 1.807) is 14.2 Å². The lowest BCUT2D eigenvalue weighted by Crippen LogP contribution is -2.36. The second kappa shape index (κ2) is 7.53. The number of hydrogen-bond donors (Lipinski definition) is 1. The Labute approximate surface area is 148 Å². The maximum Gasteiger partial charge on any atom is 0.173 e. The molecule has 0 amide bonds. The van der Waals surface area contributed by atoms with Gasteiger partial charge in [0.25, 0.3) is 0 Å². The Morgan fingerprint density at radius 2 is 1.54 bits per heavy atom. The molecule has 0 aromatic heterocycles. The quantitative estimate of drug-likeness (QED) is 0.801. The molecule has 0 heterocycles. The van der Waals surface area contributed by atoms with Crippen molar-refractivity contribution in [1.82, 2.24) is 4.90 Å². The summed E-state index contributed by atoms with van der Waals surface area (Å²) < 4.78 is 10.4. The molecule has 1 aliphatic carbocycles. The van der Waals surface area contributed by atoms with Crippen LogP contribution in [0.4, 0.5) is 5.69 Å². The molecule has 0 aliphatic heterocycles. The summed E-state index contributed by atoms with van der Waals surface area (Å²) in [6.07, 6.45) is 2.39. The van der Waals surface area contributed by atoms with Crippen molar-refractivity contribution < 1.29 is 9.47 Å². The van der Waals surface area contributed by atoms with Crippen LogP contribution < -0.4 is 14.8 Å². The Morgan fingerprint density at radius 1 is 1.00 bits per heavy atom. The number of thiocarbonyl (C=S) groups is 1. The molecule has 0 saturated heterocycles. The van der Waals surface area contributed by atoms with Crippen LogP contribution in [0.5, 0.6) is 11.5 Å². The van der Waals surface area contributed by atoms with Crippen LogP contribution >= 0.6 is 12.2 Å². The lowest BCUT2D eigenvalue weighted by molar-refractivity contribution is 0.405. The summed E-state index contributed by atoms with van der Waals surface area (Å²) in [5, 5.41) is 4.10. The van der Waals surface area contributed by atoms with Crippen LogP contribution in [0.25, 0.3) is 0 Å². The predicted octanol–water partition coefficient (Wildman–Crippen LogP) is 4.07. The highest BCUT2D eigenvalue weighted by Gasteiger charge is 2.30. The number of hydrogen-bond acceptors (Lipinski definition) is 3. The maximum atomic E-state index is 5.64. The highest BCUT2D eigenvalue weighted by molar-refractivity contribution is 7.80. The van der Waals surface area contributed by atoms with Crippen LogP contribution in [0.15, 0.2) is 48.5 Å². The van der Waals surface area contributed by atoms with Gasteiger partial charge in [0, 0.05) is 18.3 Å². The summed E-state index contributed by atoms with van der Waals surface area (Å²) in [5.74, 6) is 1.71. The highest BCUT2D eigenvalue weighted by Crippen LogP contribution is 2.29. The first kappa shape index (κ1) is 16.6. The standard InChI is InChI=1S/C19H22N2O2S/c1-22-17-9-3-14(4-10-17)13-21(16-7-8-16)19(24)20-15-5-11-18(23-2)12-6-15/h3-6,9-12,16H,7-8,13H2,1-2H3,(H,20,24). The van der Waals surface area contributed by atoms with Gasteiger partial charge in [-0.1, -0.05) is 12.1 Å². The number of methoxy groups -OCH3 is 2. The molecular weight excluding hydrogens is 320 g/mol. The van der Waals surface area contributed by atoms with Gasteiger partial charge in [0.2, 0.25) is 0 Å². The van der Waals surface area contributed by atoms with Crippen molar-refractivity contribution in [3.8, 4) is 11.5 Å². The highest BCUT2D eigenvalue weighted by atomic mass is 32.1. The number of benzene rings is 2. The molecule has 0 bridgehead atoms. The molecule has 3 rings (SSSR count). The molecule has 2 aromatic rings. The molecule has 0 atom stereocenters. The van der Waals surface area contributed by atoms with Gasteiger partial charge in [0.1, 0.15) is 11.5 Å². The molecule has 1 N–H and O–H groups in total. The topological polar surface area (TPSA) is 33.7 Å². The van der Waals surface area contributed by atoms with Crippen LogP contribution in [0.1, 0.15) is 18.4 Å². The monoisotopic (exact) mass is 342 g/mol. The third-order valence-corrected chi connectivity index (χ3v) is 4.44. The molecule has 126 valence electrons. The summed E-state index contributed by atoms with van der Waals surface area (Å²) in [7, 11) is 3.34. The van der Waals surface area contributed by atoms with Gasteiger partial charge in [0.05, 0.1) is 14.2 Å². The van der Waals surface area contributed by atoms with Gasteiger partial charge in [-0.2, -0.15) is 0 Å². The zero-order chi connectivity index (χ0) is 16.9. The van der Waals surface area contributed by atoms with Crippen molar-refractivity contribution >= 4 is 23.0 Å². The van der Waals surface area contributed by atoms with Gasteiger partial charge in [0.15, 0.2) is 5.11 Å². The molecule has 1 fully saturated rings. The van der Waals surface area contributed by atoms with E-state index in [4.69, 9.17) is 21.7 Å². The van der Waals surface area contributed by atoms with Crippen LogP contribution in [-0.2, 0) is 6.54 Å². The molecule has 1 aliphatic rings. The summed E-state index contributed by atoms with van der Waals surface area (Å²) >= 11 is 5.64. The Morgan fingerprint density at radius 3 is 2.04 bits per heavy atom. The van der Waals surface area contributed by atoms with E-state index in [9.17, 15) is 0 Å². The Bertz CT molecular complexity index is 682. The van der Waals surface area contributed by atoms with E-state index in [1.807, 2.05) is 36.4 Å². The number of anilines is 1. The molecule has 24 heavy (non-hydrogen) atoms. The smallest absolute Gasteiger partial charge is 0.173 e. The Balaban J connectivity index is 1.66. The summed E-state index contributed by atoms with van der Waals surface area (Å²) in [4.78, 5) is 2.27. The number of rotatable bonds is 6. The fourth-order valence-electron chi connectivity index (χ4n) is 2.55. The molecule has 1 saturated carbocycles. The van der Waals surface area contributed by atoms with Crippen LogP contribution in [0.2, 0.25) is 0 Å². The average Bonchev–Trinajstić information content (AvgIpc) is 3.45. The van der Waals surface area contributed by atoms with Crippen molar-refractivity contribution in [2.75, 3.05) is 19.5 Å². The lowest BCUT2D eigenvalue weighted by atomic mass is 10.2. The second-order valence-corrected chi connectivity index (χ2v) is 6.25. The summed E-state index contributed by atoms with van der Waals surface area (Å²) in [5.41, 5.74) is 2.20. The SMILES string of the molecule is COc1ccc(CN(C(=S)Nc2ccc(OC)cc2)C2CC2)cc1. The largest absolute Gasteiger partial charge is 0.497 e. The van der Waals surface area contributed by atoms with Crippen molar-refractivity contribution in [3.05, 3.63) is 54.1 Å². The number of ether oxygens (including phenoxy) is 2. The second-order valence-electron chi connectivity index (χ2n) is 5.87. The van der Waals surface area contributed by atoms with E-state index >= 15 is 0 Å². The minimum Gasteiger partial charge on any atom is -0.497 e. The van der Waals surface area contributed by atoms with Crippen molar-refractivity contribution in [2.45, 2.75) is 25.4 Å². The lowest BCUT2D eigenvalue weighted by Gasteiger charge is -2.26. The van der Waals surface area contributed by atoms with Gasteiger partial charge >= 0.3 is 0 Å². The predicted molar refractivity (Wildman–Crippen MR) is 101 cm³/mol. The first-order valence-corrected chi connectivity index (χ1v) is 8.45. The molecule has 5 heteroatoms. The molecule has 0 radical (unpaired) electrons. The fourth-order valence-corrected chi connectivity index (χ4v) is 2.88. The molecule has 2 aromatic carbocycles. The van der Waals surface area contributed by atoms with E-state index < -0.39 is 0 Å². The summed E-state index contributed by atoms with van der Waals surface area (Å²) in [6, 6.07) is 16.5. The molecule has 4 nitrogen and oxygen atoms in total. The van der Waals surface area contributed by atoms with Crippen molar-refractivity contribution in [3.63, 3.8) is 0 Å². The van der Waals surface area contributed by atoms with Gasteiger partial charge < -0.3 is 19.7 Å². The third kappa shape index (κ3) is 4.17. The third-order valence-electron chi connectivity index (χ3n) is 4.10. The number of nitrogens with one attached hydrogen (secondary N) is 1. The van der Waals surface area contributed by atoms with Gasteiger partial charge in [-0.3, -0.25) is 0 Å². The van der Waals surface area contributed by atoms with E-state index in [1.165, 1.54) is 18.4 Å². The summed E-state index contributed by atoms with van der Waals surface area (Å²) in [6.45, 7) is 0.802. The zero-order valence-electron chi connectivity index (χ0n) is 14.0. The zero-order valence-corrected chi connectivity index (χ0v) is 14.8. The van der Waals surface area contributed by atoms with E-state index in [-0.39, 0.29) is 0 Å². The normalized spacial score (nSPS) is 13.2. The van der Waals surface area contributed by atoms with Crippen LogP contribution in [0, 0.1) is 0 Å². The minimum atomic E-state index is 0.533. The van der Waals surface area contributed by atoms with Gasteiger partial charge in [-0.15, -0.1) is 0 Å². The van der Waals surface area contributed by atoms with E-state index in [2.05, 4.69) is 22.3 Å². The first-order chi connectivity index (χ1) is 11.7. The average molecular weight is 342 g/mol. The van der Waals surface area contributed by atoms with Crippen LogP contribution in [0.3, 0.4) is 0 Å². The van der Waals surface area contributed by atoms with E-state index in [0.29, 0.717) is 6.04 Å². The number of nitrogens with zero attached hydrogens (tertiary/aromatic N) is 1. The van der Waals surface area contributed by atoms with Gasteiger partial charge in [-0.05, 0) is 67.0 Å². The Hall–Kier alpha value is -2.27. The van der Waals surface area contributed by atoms with Crippen LogP contribution in [-0.4, -0.2) is 30.3 Å². The fraction of sp³-hybridized carbons (Fsp3) is 0.316. The first-order valence-electron chi connectivity index (χ1n) is 8.04. The molecular formula is C19H22N2O2S. The maximum absolute atomic E-state index is 5.64. The Kier molecular flexibility index (Phi) is 5.20. The van der Waals surface area contributed by atoms with Gasteiger partial charge in [-0.25, -0.2) is 0 Å². The van der Waals surface area contributed by atoms with E-state index in [0.717, 1.165) is 28.8 Å². The van der Waals surface area contributed by atoms with Crippen molar-refractivity contribution in [1.29, 1.82) is 0 Å². The van der Waals surface area contributed by atoms with Crippen molar-refractivity contribution in [2.24, 2.45) is 0 Å².